The van der Waals surface area contributed by atoms with E-state index in [1.54, 1.807) is 25.3 Å². The van der Waals surface area contributed by atoms with Crippen molar-refractivity contribution in [2.75, 3.05) is 23.5 Å². The van der Waals surface area contributed by atoms with E-state index in [0.29, 0.717) is 23.2 Å². The Morgan fingerprint density at radius 3 is 2.60 bits per heavy atom. The maximum Gasteiger partial charge on any atom is 0.234 e. The van der Waals surface area contributed by atoms with Gasteiger partial charge >= 0.3 is 0 Å². The second kappa shape index (κ2) is 10.0. The first-order valence-corrected chi connectivity index (χ1v) is 11.3. The number of aromatic nitrogens is 2. The van der Waals surface area contributed by atoms with Crippen LogP contribution in [0, 0.1) is 13.8 Å². The summed E-state index contributed by atoms with van der Waals surface area (Å²) < 4.78 is 7.66. The van der Waals surface area contributed by atoms with Gasteiger partial charge in [0.15, 0.2) is 5.16 Å². The molecule has 0 radical (unpaired) electrons. The zero-order valence-electron chi connectivity index (χ0n) is 18.1. The molecule has 7 nitrogen and oxygen atoms in total. The highest BCUT2D eigenvalue weighted by atomic mass is 32.2. The van der Waals surface area contributed by atoms with Gasteiger partial charge in [-0.1, -0.05) is 31.0 Å². The van der Waals surface area contributed by atoms with Crippen LogP contribution >= 0.6 is 11.8 Å². The van der Waals surface area contributed by atoms with E-state index in [0.717, 1.165) is 10.9 Å². The molecule has 162 valence electrons. The fourth-order valence-electron chi connectivity index (χ4n) is 3.87. The number of hydrogen-bond donors (Lipinski definition) is 2. The van der Waals surface area contributed by atoms with Gasteiger partial charge in [-0.3, -0.25) is 9.59 Å². The van der Waals surface area contributed by atoms with Gasteiger partial charge in [0, 0.05) is 24.3 Å². The molecule has 0 aliphatic heterocycles. The Morgan fingerprint density at radius 2 is 1.93 bits per heavy atom. The molecule has 2 N–H and O–H groups in total. The average Bonchev–Trinajstić information content (AvgIpc) is 3.00. The molecule has 2 amide bonds. The fraction of sp³-hybridized carbons (Fsp3) is 0.500. The average molecular weight is 431 g/mol. The second-order valence-electron chi connectivity index (χ2n) is 7.66. The summed E-state index contributed by atoms with van der Waals surface area (Å²) in [7, 11) is 1.55. The minimum atomic E-state index is -0.173. The molecule has 1 aliphatic rings. The van der Waals surface area contributed by atoms with Gasteiger partial charge in [0.2, 0.25) is 11.8 Å². The van der Waals surface area contributed by atoms with Crippen molar-refractivity contribution in [2.45, 2.75) is 64.1 Å². The van der Waals surface area contributed by atoms with Gasteiger partial charge in [-0.25, -0.2) is 4.98 Å². The number of thioether (sulfide) groups is 1. The van der Waals surface area contributed by atoms with Crippen molar-refractivity contribution in [3.63, 3.8) is 0 Å². The molecule has 0 unspecified atom stereocenters. The number of carbonyl (C=O) groups is 2. The van der Waals surface area contributed by atoms with Crippen LogP contribution in [0.15, 0.2) is 23.4 Å². The topological polar surface area (TPSA) is 85.2 Å². The summed E-state index contributed by atoms with van der Waals surface area (Å²) in [6.45, 7) is 5.58. The Morgan fingerprint density at radius 1 is 1.20 bits per heavy atom. The summed E-state index contributed by atoms with van der Waals surface area (Å²) in [5, 5.41) is 6.52. The van der Waals surface area contributed by atoms with Crippen molar-refractivity contribution >= 4 is 35.0 Å². The third kappa shape index (κ3) is 5.36. The Kier molecular flexibility index (Phi) is 7.42. The normalized spacial score (nSPS) is 14.4. The van der Waals surface area contributed by atoms with Gasteiger partial charge in [0.25, 0.3) is 0 Å². The van der Waals surface area contributed by atoms with Crippen molar-refractivity contribution in [2.24, 2.45) is 0 Å². The van der Waals surface area contributed by atoms with Crippen LogP contribution in [-0.2, 0) is 9.59 Å². The minimum Gasteiger partial charge on any atom is -0.495 e. The number of rotatable bonds is 7. The Bertz CT molecular complexity index is 919. The van der Waals surface area contributed by atoms with Crippen LogP contribution in [0.25, 0.3) is 0 Å². The number of imidazole rings is 1. The quantitative estimate of drug-likeness (QED) is 0.622. The number of nitrogens with one attached hydrogen (secondary N) is 2. The van der Waals surface area contributed by atoms with Gasteiger partial charge in [-0.15, -0.1) is 0 Å². The standard InChI is InChI=1S/C22H30N4O3S/c1-14-15(2)26(18-8-6-5-7-9-18)22(23-14)30-13-21(28)25-19-12-17(24-16(3)27)10-11-20(19)29-4/h10-12,18H,5-9,13H2,1-4H3,(H,24,27)(H,25,28). The molecule has 8 heteroatoms. The number of benzene rings is 1. The number of aryl methyl sites for hydroxylation is 1. The smallest absolute Gasteiger partial charge is 0.234 e. The first-order chi connectivity index (χ1) is 14.4. The van der Waals surface area contributed by atoms with Crippen LogP contribution in [0.4, 0.5) is 11.4 Å². The van der Waals surface area contributed by atoms with Crippen LogP contribution in [0.1, 0.15) is 56.5 Å². The minimum absolute atomic E-state index is 0.147. The lowest BCUT2D eigenvalue weighted by Crippen LogP contribution is -2.18. The van der Waals surface area contributed by atoms with E-state index in [9.17, 15) is 9.59 Å². The van der Waals surface area contributed by atoms with E-state index in [1.807, 2.05) is 6.92 Å². The molecule has 0 spiro atoms. The number of carbonyl (C=O) groups excluding carboxylic acids is 2. The van der Waals surface area contributed by atoms with E-state index in [4.69, 9.17) is 9.72 Å². The molecule has 0 bridgehead atoms. The van der Waals surface area contributed by atoms with Crippen LogP contribution in [0.2, 0.25) is 0 Å². The molecular weight excluding hydrogens is 400 g/mol. The maximum atomic E-state index is 12.7. The van der Waals surface area contributed by atoms with Crippen molar-refractivity contribution in [1.82, 2.24) is 9.55 Å². The lowest BCUT2D eigenvalue weighted by Gasteiger charge is -2.26. The summed E-state index contributed by atoms with van der Waals surface area (Å²) in [5.41, 5.74) is 3.34. The molecule has 1 aliphatic carbocycles. The maximum absolute atomic E-state index is 12.7. The van der Waals surface area contributed by atoms with E-state index in [2.05, 4.69) is 22.1 Å². The van der Waals surface area contributed by atoms with E-state index in [1.165, 1.54) is 56.5 Å². The molecule has 1 saturated carbocycles. The molecule has 1 aromatic heterocycles. The molecule has 0 atom stereocenters. The SMILES string of the molecule is COc1ccc(NC(C)=O)cc1NC(=O)CSc1nc(C)c(C)n1C1CCCCC1. The van der Waals surface area contributed by atoms with Crippen molar-refractivity contribution in [3.05, 3.63) is 29.6 Å². The number of ether oxygens (including phenoxy) is 1. The Hall–Kier alpha value is -2.48. The molecule has 3 rings (SSSR count). The van der Waals surface area contributed by atoms with Gasteiger partial charge in [-0.2, -0.15) is 0 Å². The molecule has 2 aromatic rings. The van der Waals surface area contributed by atoms with Gasteiger partial charge in [0.1, 0.15) is 5.75 Å². The molecule has 0 saturated heterocycles. The lowest BCUT2D eigenvalue weighted by molar-refractivity contribution is -0.114. The van der Waals surface area contributed by atoms with Crippen LogP contribution < -0.4 is 15.4 Å². The lowest BCUT2D eigenvalue weighted by atomic mass is 9.95. The third-order valence-electron chi connectivity index (χ3n) is 5.42. The predicted octanol–water partition coefficient (Wildman–Crippen LogP) is 4.70. The number of nitrogens with zero attached hydrogens (tertiary/aromatic N) is 2. The summed E-state index contributed by atoms with van der Waals surface area (Å²) in [4.78, 5) is 28.7. The van der Waals surface area contributed by atoms with Gasteiger partial charge in [-0.05, 0) is 44.9 Å². The molecule has 1 heterocycles. The van der Waals surface area contributed by atoms with Crippen LogP contribution in [0.3, 0.4) is 0 Å². The summed E-state index contributed by atoms with van der Waals surface area (Å²) >= 11 is 1.46. The fourth-order valence-corrected chi connectivity index (χ4v) is 4.83. The monoisotopic (exact) mass is 430 g/mol. The summed E-state index contributed by atoms with van der Waals surface area (Å²) in [5.74, 6) is 0.466. The number of methoxy groups -OCH3 is 1. The number of amides is 2. The van der Waals surface area contributed by atoms with Crippen LogP contribution in [0.5, 0.6) is 5.75 Å². The van der Waals surface area contributed by atoms with Gasteiger partial charge in [0.05, 0.1) is 24.2 Å². The first-order valence-electron chi connectivity index (χ1n) is 10.3. The van der Waals surface area contributed by atoms with E-state index < -0.39 is 0 Å². The molecule has 1 fully saturated rings. The Labute approximate surface area is 182 Å². The molecule has 30 heavy (non-hydrogen) atoms. The van der Waals surface area contributed by atoms with Crippen molar-refractivity contribution < 1.29 is 14.3 Å². The van der Waals surface area contributed by atoms with Crippen molar-refractivity contribution in [1.29, 1.82) is 0 Å². The number of hydrogen-bond acceptors (Lipinski definition) is 5. The highest BCUT2D eigenvalue weighted by molar-refractivity contribution is 7.99. The summed E-state index contributed by atoms with van der Waals surface area (Å²) in [6.07, 6.45) is 6.13. The highest BCUT2D eigenvalue weighted by Gasteiger charge is 2.22. The van der Waals surface area contributed by atoms with Gasteiger partial charge < -0.3 is 19.9 Å². The Balaban J connectivity index is 1.69. The molecule has 1 aromatic carbocycles. The largest absolute Gasteiger partial charge is 0.495 e. The third-order valence-corrected chi connectivity index (χ3v) is 6.37. The number of anilines is 2. The first kappa shape index (κ1) is 22.2. The highest BCUT2D eigenvalue weighted by Crippen LogP contribution is 2.34. The van der Waals surface area contributed by atoms with Crippen LogP contribution in [-0.4, -0.2) is 34.2 Å². The van der Waals surface area contributed by atoms with Crippen molar-refractivity contribution in [3.8, 4) is 5.75 Å². The predicted molar refractivity (Wildman–Crippen MR) is 120 cm³/mol. The second-order valence-corrected chi connectivity index (χ2v) is 8.60. The summed E-state index contributed by atoms with van der Waals surface area (Å²) in [6, 6.07) is 5.62. The van der Waals surface area contributed by atoms with E-state index >= 15 is 0 Å². The van der Waals surface area contributed by atoms with E-state index in [-0.39, 0.29) is 17.6 Å². The zero-order chi connectivity index (χ0) is 21.7. The zero-order valence-corrected chi connectivity index (χ0v) is 18.9. The molecular formula is C22H30N4O3S.